The minimum atomic E-state index is -0.944. The van der Waals surface area contributed by atoms with Gasteiger partial charge in [0.15, 0.2) is 0 Å². The van der Waals surface area contributed by atoms with Crippen LogP contribution in [0.4, 0.5) is 0 Å². The van der Waals surface area contributed by atoms with Crippen molar-refractivity contribution in [2.75, 3.05) is 6.54 Å². The van der Waals surface area contributed by atoms with E-state index in [0.29, 0.717) is 13.0 Å². The minimum absolute atomic E-state index is 0.0394. The summed E-state index contributed by atoms with van der Waals surface area (Å²) in [5, 5.41) is 8.74. The summed E-state index contributed by atoms with van der Waals surface area (Å²) < 4.78 is 0. The van der Waals surface area contributed by atoms with Crippen molar-refractivity contribution in [3.8, 4) is 0 Å². The number of nitrogens with zero attached hydrogens (tertiary/aromatic N) is 1. The van der Waals surface area contributed by atoms with E-state index in [0.717, 1.165) is 0 Å². The summed E-state index contributed by atoms with van der Waals surface area (Å²) in [7, 11) is 0. The molecule has 0 aromatic carbocycles. The van der Waals surface area contributed by atoms with Crippen LogP contribution in [0.2, 0.25) is 0 Å². The maximum absolute atomic E-state index is 11.6. The van der Waals surface area contributed by atoms with Crippen molar-refractivity contribution < 1.29 is 14.7 Å². The predicted octanol–water partition coefficient (Wildman–Crippen LogP) is -0.345. The lowest BCUT2D eigenvalue weighted by Gasteiger charge is -2.39. The molecule has 0 aliphatic carbocycles. The fourth-order valence-corrected chi connectivity index (χ4v) is 1.38. The summed E-state index contributed by atoms with van der Waals surface area (Å²) in [6, 6.07) is -1.25. The van der Waals surface area contributed by atoms with Crippen molar-refractivity contribution in [2.24, 2.45) is 11.7 Å². The number of rotatable bonds is 3. The molecule has 0 saturated carbocycles. The van der Waals surface area contributed by atoms with Crippen LogP contribution in [0.15, 0.2) is 0 Å². The second-order valence-corrected chi connectivity index (χ2v) is 3.94. The minimum Gasteiger partial charge on any atom is -0.480 e. The van der Waals surface area contributed by atoms with Crippen LogP contribution in [0.3, 0.4) is 0 Å². The van der Waals surface area contributed by atoms with Gasteiger partial charge in [0.05, 0.1) is 6.04 Å². The number of amides is 1. The SMILES string of the molecule is CC(C)[C@H](N)C(=O)N1CC[C@H]1C(=O)O. The lowest BCUT2D eigenvalue weighted by atomic mass is 9.97. The second kappa shape index (κ2) is 3.96. The first-order valence-corrected chi connectivity index (χ1v) is 4.74. The maximum atomic E-state index is 11.6. The average molecular weight is 200 g/mol. The van der Waals surface area contributed by atoms with Gasteiger partial charge in [0, 0.05) is 6.54 Å². The number of hydrogen-bond donors (Lipinski definition) is 2. The van der Waals surface area contributed by atoms with Crippen molar-refractivity contribution >= 4 is 11.9 Å². The van der Waals surface area contributed by atoms with Crippen LogP contribution in [0, 0.1) is 5.92 Å². The molecule has 0 bridgehead atoms. The van der Waals surface area contributed by atoms with E-state index in [4.69, 9.17) is 10.8 Å². The number of carbonyl (C=O) groups excluding carboxylic acids is 1. The fraction of sp³-hybridized carbons (Fsp3) is 0.778. The molecule has 1 aliphatic heterocycles. The van der Waals surface area contributed by atoms with Crippen molar-refractivity contribution in [1.82, 2.24) is 4.90 Å². The highest BCUT2D eigenvalue weighted by atomic mass is 16.4. The lowest BCUT2D eigenvalue weighted by molar-refractivity contribution is -0.158. The Kier molecular flexibility index (Phi) is 3.10. The van der Waals surface area contributed by atoms with Gasteiger partial charge in [0.1, 0.15) is 6.04 Å². The van der Waals surface area contributed by atoms with Crippen LogP contribution in [0.25, 0.3) is 0 Å². The van der Waals surface area contributed by atoms with Crippen LogP contribution < -0.4 is 5.73 Å². The number of carboxylic acid groups (broad SMARTS) is 1. The smallest absolute Gasteiger partial charge is 0.326 e. The van der Waals surface area contributed by atoms with Gasteiger partial charge in [-0.2, -0.15) is 0 Å². The highest BCUT2D eigenvalue weighted by Gasteiger charge is 2.39. The molecule has 3 N–H and O–H groups in total. The quantitative estimate of drug-likeness (QED) is 0.652. The molecule has 1 amide bonds. The van der Waals surface area contributed by atoms with Crippen molar-refractivity contribution in [3.05, 3.63) is 0 Å². The van der Waals surface area contributed by atoms with Gasteiger partial charge in [-0.3, -0.25) is 4.79 Å². The summed E-state index contributed by atoms with van der Waals surface area (Å²) >= 11 is 0. The Morgan fingerprint density at radius 2 is 2.07 bits per heavy atom. The average Bonchev–Trinajstić information content (AvgIpc) is 1.99. The standard InChI is InChI=1S/C9H16N2O3/c1-5(2)7(10)8(12)11-4-3-6(11)9(13)14/h5-7H,3-4,10H2,1-2H3,(H,13,14)/t6-,7-/m0/s1. The topological polar surface area (TPSA) is 83.6 Å². The molecular formula is C9H16N2O3. The summed E-state index contributed by atoms with van der Waals surface area (Å²) in [4.78, 5) is 23.6. The van der Waals surface area contributed by atoms with E-state index < -0.39 is 18.1 Å². The van der Waals surface area contributed by atoms with Crippen LogP contribution in [-0.2, 0) is 9.59 Å². The zero-order chi connectivity index (χ0) is 10.9. The molecule has 2 atom stereocenters. The highest BCUT2D eigenvalue weighted by Crippen LogP contribution is 2.19. The monoisotopic (exact) mass is 200 g/mol. The summed E-state index contributed by atoms with van der Waals surface area (Å²) in [6.45, 7) is 4.20. The Labute approximate surface area is 82.9 Å². The third kappa shape index (κ3) is 1.87. The van der Waals surface area contributed by atoms with E-state index in [1.807, 2.05) is 13.8 Å². The third-order valence-electron chi connectivity index (χ3n) is 2.59. The predicted molar refractivity (Wildman–Crippen MR) is 50.6 cm³/mol. The van der Waals surface area contributed by atoms with Gasteiger partial charge in [-0.25, -0.2) is 4.79 Å². The summed E-state index contributed by atoms with van der Waals surface area (Å²) in [6.07, 6.45) is 0.534. The zero-order valence-corrected chi connectivity index (χ0v) is 8.43. The molecule has 5 nitrogen and oxygen atoms in total. The van der Waals surface area contributed by atoms with E-state index in [1.54, 1.807) is 0 Å². The van der Waals surface area contributed by atoms with Gasteiger partial charge in [-0.1, -0.05) is 13.8 Å². The van der Waals surface area contributed by atoms with Gasteiger partial charge in [0.25, 0.3) is 0 Å². The molecule has 0 spiro atoms. The fourth-order valence-electron chi connectivity index (χ4n) is 1.38. The largest absolute Gasteiger partial charge is 0.480 e. The van der Waals surface area contributed by atoms with E-state index in [9.17, 15) is 9.59 Å². The van der Waals surface area contributed by atoms with Crippen LogP contribution in [0.1, 0.15) is 20.3 Å². The Morgan fingerprint density at radius 1 is 1.50 bits per heavy atom. The van der Waals surface area contributed by atoms with Crippen LogP contribution >= 0.6 is 0 Å². The highest BCUT2D eigenvalue weighted by molar-refractivity contribution is 5.88. The molecule has 1 fully saturated rings. The van der Waals surface area contributed by atoms with Gasteiger partial charge < -0.3 is 15.7 Å². The molecule has 14 heavy (non-hydrogen) atoms. The molecule has 1 heterocycles. The zero-order valence-electron chi connectivity index (χ0n) is 8.43. The maximum Gasteiger partial charge on any atom is 0.326 e. The van der Waals surface area contributed by atoms with Crippen LogP contribution in [-0.4, -0.2) is 40.5 Å². The molecule has 1 aliphatic rings. The van der Waals surface area contributed by atoms with Gasteiger partial charge in [-0.15, -0.1) is 0 Å². The number of nitrogens with two attached hydrogens (primary N) is 1. The molecule has 0 radical (unpaired) electrons. The Balaban J connectivity index is 2.58. The Bertz CT molecular complexity index is 252. The van der Waals surface area contributed by atoms with E-state index in [2.05, 4.69) is 0 Å². The number of hydrogen-bond acceptors (Lipinski definition) is 3. The van der Waals surface area contributed by atoms with E-state index in [1.165, 1.54) is 4.90 Å². The number of aliphatic carboxylic acids is 1. The molecular weight excluding hydrogens is 184 g/mol. The molecule has 0 aromatic rings. The van der Waals surface area contributed by atoms with E-state index in [-0.39, 0.29) is 11.8 Å². The van der Waals surface area contributed by atoms with Crippen molar-refractivity contribution in [2.45, 2.75) is 32.4 Å². The van der Waals surface area contributed by atoms with E-state index >= 15 is 0 Å². The van der Waals surface area contributed by atoms with Crippen molar-refractivity contribution in [1.29, 1.82) is 0 Å². The summed E-state index contributed by atoms with van der Waals surface area (Å²) in [5.74, 6) is -1.16. The molecule has 0 unspecified atom stereocenters. The van der Waals surface area contributed by atoms with Crippen molar-refractivity contribution in [3.63, 3.8) is 0 Å². The normalized spacial score (nSPS) is 23.1. The molecule has 0 aromatic heterocycles. The van der Waals surface area contributed by atoms with Gasteiger partial charge in [-0.05, 0) is 12.3 Å². The lowest BCUT2D eigenvalue weighted by Crippen LogP contribution is -2.60. The number of carbonyl (C=O) groups is 2. The summed E-state index contributed by atoms with van der Waals surface area (Å²) in [5.41, 5.74) is 5.65. The van der Waals surface area contributed by atoms with Gasteiger partial charge in [0.2, 0.25) is 5.91 Å². The number of likely N-dealkylation sites (tertiary alicyclic amines) is 1. The second-order valence-electron chi connectivity index (χ2n) is 3.94. The Morgan fingerprint density at radius 3 is 2.36 bits per heavy atom. The van der Waals surface area contributed by atoms with Crippen LogP contribution in [0.5, 0.6) is 0 Å². The number of carboxylic acids is 1. The first-order chi connectivity index (χ1) is 6.45. The molecule has 80 valence electrons. The molecule has 5 heteroatoms. The molecule has 1 rings (SSSR count). The first-order valence-electron chi connectivity index (χ1n) is 4.74. The first kappa shape index (κ1) is 11.0. The Hall–Kier alpha value is -1.10. The third-order valence-corrected chi connectivity index (χ3v) is 2.59. The molecule has 1 saturated heterocycles. The van der Waals surface area contributed by atoms with Gasteiger partial charge >= 0.3 is 5.97 Å².